The zero-order chi connectivity index (χ0) is 24.7. The van der Waals surface area contributed by atoms with E-state index in [1.165, 1.54) is 30.2 Å². The first-order valence-electron chi connectivity index (χ1n) is 10.2. The molecule has 0 atom stereocenters. The third-order valence-electron chi connectivity index (χ3n) is 5.85. The van der Waals surface area contributed by atoms with Gasteiger partial charge in [0.2, 0.25) is 0 Å². The van der Waals surface area contributed by atoms with E-state index in [-0.39, 0.29) is 28.8 Å². The number of methoxy groups -OCH3 is 1. The lowest BCUT2D eigenvalue weighted by atomic mass is 9.75. The Kier molecular flexibility index (Phi) is 6.18. The fourth-order valence-electron chi connectivity index (χ4n) is 4.07. The number of nitrogens with zero attached hydrogens (tertiary/aromatic N) is 4. The Morgan fingerprint density at radius 2 is 2.00 bits per heavy atom. The highest BCUT2D eigenvalue weighted by Gasteiger charge is 2.60. The van der Waals surface area contributed by atoms with Crippen LogP contribution in [0, 0.1) is 17.1 Å². The van der Waals surface area contributed by atoms with Crippen LogP contribution in [-0.4, -0.2) is 41.9 Å². The molecule has 1 amide bonds. The summed E-state index contributed by atoms with van der Waals surface area (Å²) in [5.41, 5.74) is -3.54. The minimum atomic E-state index is -4.86. The topological polar surface area (TPSA) is 78.7 Å². The van der Waals surface area contributed by atoms with E-state index in [4.69, 9.17) is 27.0 Å². The SMILES string of the molecule is COCCOc1ccc(N2C(=S)N(c3cnc(C#N)c(C(F)(F)F)c3)C(=O)C23CCC3)c(F)c1. The number of rotatable bonds is 6. The summed E-state index contributed by atoms with van der Waals surface area (Å²) in [6.07, 6.45) is -2.51. The molecule has 2 heterocycles. The van der Waals surface area contributed by atoms with Crippen LogP contribution in [0.2, 0.25) is 0 Å². The van der Waals surface area contributed by atoms with Crippen LogP contribution in [0.25, 0.3) is 0 Å². The van der Waals surface area contributed by atoms with Crippen molar-refractivity contribution in [1.82, 2.24) is 4.98 Å². The molecule has 4 rings (SSSR count). The average Bonchev–Trinajstić information content (AvgIpc) is 3.00. The quantitative estimate of drug-likeness (QED) is 0.338. The summed E-state index contributed by atoms with van der Waals surface area (Å²) in [5, 5.41) is 8.83. The molecule has 7 nitrogen and oxygen atoms in total. The number of halogens is 4. The Labute approximate surface area is 197 Å². The molecule has 2 fully saturated rings. The first kappa shape index (κ1) is 23.8. The molecule has 0 radical (unpaired) electrons. The maximum absolute atomic E-state index is 15.1. The van der Waals surface area contributed by atoms with Crippen molar-refractivity contribution in [2.75, 3.05) is 30.1 Å². The Morgan fingerprint density at radius 3 is 2.56 bits per heavy atom. The van der Waals surface area contributed by atoms with E-state index < -0.39 is 34.7 Å². The summed E-state index contributed by atoms with van der Waals surface area (Å²) in [4.78, 5) is 19.3. The number of hydrogen-bond donors (Lipinski definition) is 0. The lowest BCUT2D eigenvalue weighted by Gasteiger charge is -2.43. The Bertz CT molecular complexity index is 1190. The molecule has 1 saturated carbocycles. The molecule has 2 aliphatic rings. The summed E-state index contributed by atoms with van der Waals surface area (Å²) >= 11 is 5.47. The van der Waals surface area contributed by atoms with Crippen molar-refractivity contribution in [2.45, 2.75) is 31.0 Å². The van der Waals surface area contributed by atoms with Crippen LogP contribution < -0.4 is 14.5 Å². The molecular weight excluding hydrogens is 476 g/mol. The van der Waals surface area contributed by atoms with Gasteiger partial charge in [-0.25, -0.2) is 9.37 Å². The van der Waals surface area contributed by atoms with Gasteiger partial charge in [-0.3, -0.25) is 9.69 Å². The van der Waals surface area contributed by atoms with E-state index in [1.54, 1.807) is 0 Å². The van der Waals surface area contributed by atoms with Crippen LogP contribution in [0.4, 0.5) is 28.9 Å². The molecule has 1 spiro atoms. The number of benzene rings is 1. The second-order valence-corrected chi connectivity index (χ2v) is 8.16. The number of carbonyl (C=O) groups excluding carboxylic acids is 1. The zero-order valence-corrected chi connectivity index (χ0v) is 18.7. The first-order valence-corrected chi connectivity index (χ1v) is 10.6. The van der Waals surface area contributed by atoms with Gasteiger partial charge in [-0.2, -0.15) is 18.4 Å². The molecule has 0 bridgehead atoms. The largest absolute Gasteiger partial charge is 0.491 e. The number of hydrogen-bond acceptors (Lipinski definition) is 6. The summed E-state index contributed by atoms with van der Waals surface area (Å²) in [5.74, 6) is -1.02. The Morgan fingerprint density at radius 1 is 1.26 bits per heavy atom. The van der Waals surface area contributed by atoms with Crippen molar-refractivity contribution in [3.63, 3.8) is 0 Å². The number of alkyl halides is 3. The molecule has 178 valence electrons. The third kappa shape index (κ3) is 3.84. The molecule has 1 aliphatic carbocycles. The van der Waals surface area contributed by atoms with Crippen molar-refractivity contribution in [1.29, 1.82) is 5.26 Å². The van der Waals surface area contributed by atoms with Gasteiger partial charge >= 0.3 is 6.18 Å². The summed E-state index contributed by atoms with van der Waals surface area (Å²) in [6.45, 7) is 0.519. The highest BCUT2D eigenvalue weighted by Crippen LogP contribution is 2.49. The molecule has 0 unspecified atom stereocenters. The molecule has 12 heteroatoms. The normalized spacial score (nSPS) is 17.2. The molecule has 1 aliphatic heterocycles. The van der Waals surface area contributed by atoms with Crippen LogP contribution in [-0.2, 0) is 15.7 Å². The second kappa shape index (κ2) is 8.81. The number of nitriles is 1. The van der Waals surface area contributed by atoms with Crippen LogP contribution in [0.1, 0.15) is 30.5 Å². The molecule has 1 aromatic carbocycles. The smallest absolute Gasteiger partial charge is 0.419 e. The molecule has 2 aromatic rings. The molecular formula is C22H18F4N4O3S. The van der Waals surface area contributed by atoms with Gasteiger partial charge in [0.05, 0.1) is 29.7 Å². The fourth-order valence-corrected chi connectivity index (χ4v) is 4.53. The number of pyridine rings is 1. The number of thiocarbonyl (C=S) groups is 1. The van der Waals surface area contributed by atoms with Crippen LogP contribution in [0.3, 0.4) is 0 Å². The number of amides is 1. The zero-order valence-electron chi connectivity index (χ0n) is 17.9. The number of ether oxygens (including phenoxy) is 2. The maximum Gasteiger partial charge on any atom is 0.419 e. The van der Waals surface area contributed by atoms with E-state index in [0.717, 1.165) is 17.2 Å². The van der Waals surface area contributed by atoms with E-state index in [1.807, 2.05) is 0 Å². The van der Waals surface area contributed by atoms with Crippen molar-refractivity contribution >= 4 is 34.6 Å². The number of anilines is 2. The number of aromatic nitrogens is 1. The molecule has 1 aromatic heterocycles. The van der Waals surface area contributed by atoms with Crippen LogP contribution in [0.5, 0.6) is 5.75 Å². The van der Waals surface area contributed by atoms with Gasteiger partial charge in [0.25, 0.3) is 5.91 Å². The van der Waals surface area contributed by atoms with Gasteiger partial charge < -0.3 is 14.4 Å². The van der Waals surface area contributed by atoms with Crippen LogP contribution in [0.15, 0.2) is 30.5 Å². The van der Waals surface area contributed by atoms with E-state index in [0.29, 0.717) is 31.9 Å². The van der Waals surface area contributed by atoms with Gasteiger partial charge in [-0.05, 0) is 49.7 Å². The lowest BCUT2D eigenvalue weighted by Crippen LogP contribution is -2.55. The van der Waals surface area contributed by atoms with Gasteiger partial charge in [0.15, 0.2) is 16.6 Å². The van der Waals surface area contributed by atoms with E-state index in [2.05, 4.69) is 4.98 Å². The Balaban J connectivity index is 1.73. The van der Waals surface area contributed by atoms with Crippen molar-refractivity contribution in [3.05, 3.63) is 47.5 Å². The predicted octanol–water partition coefficient (Wildman–Crippen LogP) is 4.20. The monoisotopic (exact) mass is 494 g/mol. The predicted molar refractivity (Wildman–Crippen MR) is 117 cm³/mol. The average molecular weight is 494 g/mol. The summed E-state index contributed by atoms with van der Waals surface area (Å²) in [6, 6.07) is 6.14. The lowest BCUT2D eigenvalue weighted by molar-refractivity contribution is -0.138. The summed E-state index contributed by atoms with van der Waals surface area (Å²) < 4.78 is 65.8. The van der Waals surface area contributed by atoms with Gasteiger partial charge in [-0.1, -0.05) is 0 Å². The standard InChI is InChI=1S/C22H18F4N4O3S/c1-32-7-8-33-14-3-4-18(16(23)10-14)30-20(34)29(19(31)21(30)5-2-6-21)13-9-15(22(24,25)26)17(11-27)28-12-13/h3-4,9-10,12H,2,5-8H2,1H3. The summed E-state index contributed by atoms with van der Waals surface area (Å²) in [7, 11) is 1.50. The minimum Gasteiger partial charge on any atom is -0.491 e. The van der Waals surface area contributed by atoms with Crippen molar-refractivity contribution in [2.24, 2.45) is 0 Å². The van der Waals surface area contributed by atoms with Gasteiger partial charge in [0, 0.05) is 13.2 Å². The molecule has 34 heavy (non-hydrogen) atoms. The van der Waals surface area contributed by atoms with Crippen molar-refractivity contribution < 1.29 is 31.8 Å². The fraction of sp³-hybridized carbons (Fsp3) is 0.364. The highest BCUT2D eigenvalue weighted by molar-refractivity contribution is 7.81. The second-order valence-electron chi connectivity index (χ2n) is 7.80. The van der Waals surface area contributed by atoms with Gasteiger partial charge in [-0.15, -0.1) is 0 Å². The minimum absolute atomic E-state index is 0.0114. The van der Waals surface area contributed by atoms with E-state index >= 15 is 4.39 Å². The molecule has 0 N–H and O–H groups in total. The third-order valence-corrected chi connectivity index (χ3v) is 6.22. The van der Waals surface area contributed by atoms with E-state index in [9.17, 15) is 18.0 Å². The first-order chi connectivity index (χ1) is 16.1. The van der Waals surface area contributed by atoms with Crippen LogP contribution >= 0.6 is 12.2 Å². The van der Waals surface area contributed by atoms with Crippen molar-refractivity contribution in [3.8, 4) is 11.8 Å². The number of carbonyl (C=O) groups is 1. The molecule has 1 saturated heterocycles. The highest BCUT2D eigenvalue weighted by atomic mass is 32.1. The Hall–Kier alpha value is -3.30. The maximum atomic E-state index is 15.1. The van der Waals surface area contributed by atoms with Gasteiger partial charge in [0.1, 0.15) is 24.0 Å².